The molecule has 1 rings (SSSR count). The van der Waals surface area contributed by atoms with Crippen LogP contribution in [0.15, 0.2) is 0 Å². The highest BCUT2D eigenvalue weighted by Gasteiger charge is 2.38. The van der Waals surface area contributed by atoms with Gasteiger partial charge in [0.25, 0.3) is 0 Å². The van der Waals surface area contributed by atoms with E-state index in [1.165, 1.54) is 12.0 Å². The standard InChI is InChI=1S/C13H23NO5S/c1-13(2,3)12(16)14(7-5-11(15)19-4)10-6-8-20(17,18)9-10/h10H,5-9H2,1-4H3/t10-/m1/s1. The van der Waals surface area contributed by atoms with E-state index in [-0.39, 0.29) is 36.4 Å². The molecule has 1 fully saturated rings. The normalized spacial score (nSPS) is 21.5. The SMILES string of the molecule is COC(=O)CCN(C(=O)C(C)(C)C)[C@@H]1CCS(=O)(=O)C1. The van der Waals surface area contributed by atoms with Gasteiger partial charge in [-0.25, -0.2) is 8.42 Å². The summed E-state index contributed by atoms with van der Waals surface area (Å²) in [6.45, 7) is 5.54. The fraction of sp³-hybridized carbons (Fsp3) is 0.846. The first-order chi connectivity index (χ1) is 9.07. The van der Waals surface area contributed by atoms with E-state index in [0.29, 0.717) is 6.42 Å². The zero-order valence-electron chi connectivity index (χ0n) is 12.5. The van der Waals surface area contributed by atoms with Gasteiger partial charge in [0.1, 0.15) is 0 Å². The molecular formula is C13H23NO5S. The number of nitrogens with zero attached hydrogens (tertiary/aromatic N) is 1. The Hall–Kier alpha value is -1.11. The van der Waals surface area contributed by atoms with Gasteiger partial charge in [0.15, 0.2) is 9.84 Å². The zero-order valence-corrected chi connectivity index (χ0v) is 13.3. The minimum Gasteiger partial charge on any atom is -0.469 e. The van der Waals surface area contributed by atoms with Crippen molar-refractivity contribution in [3.8, 4) is 0 Å². The summed E-state index contributed by atoms with van der Waals surface area (Å²) in [7, 11) is -1.78. The number of carbonyl (C=O) groups excluding carboxylic acids is 2. The maximum Gasteiger partial charge on any atom is 0.307 e. The second kappa shape index (κ2) is 6.11. The van der Waals surface area contributed by atoms with Crippen LogP contribution in [-0.2, 0) is 24.2 Å². The van der Waals surface area contributed by atoms with E-state index in [2.05, 4.69) is 4.74 Å². The summed E-state index contributed by atoms with van der Waals surface area (Å²) in [5.41, 5.74) is -0.609. The van der Waals surface area contributed by atoms with Crippen molar-refractivity contribution >= 4 is 21.7 Å². The Morgan fingerprint density at radius 3 is 2.30 bits per heavy atom. The third-order valence-electron chi connectivity index (χ3n) is 3.34. The summed E-state index contributed by atoms with van der Waals surface area (Å²) < 4.78 is 27.7. The molecule has 0 aromatic carbocycles. The van der Waals surface area contributed by atoms with E-state index in [9.17, 15) is 18.0 Å². The Labute approximate surface area is 120 Å². The Morgan fingerprint density at radius 2 is 1.90 bits per heavy atom. The van der Waals surface area contributed by atoms with Crippen molar-refractivity contribution in [3.05, 3.63) is 0 Å². The fourth-order valence-corrected chi connectivity index (χ4v) is 3.95. The largest absolute Gasteiger partial charge is 0.469 e. The van der Waals surface area contributed by atoms with Gasteiger partial charge in [-0.05, 0) is 6.42 Å². The van der Waals surface area contributed by atoms with Gasteiger partial charge in [-0.3, -0.25) is 9.59 Å². The molecule has 0 saturated carbocycles. The number of sulfone groups is 1. The number of carbonyl (C=O) groups is 2. The predicted octanol–water partition coefficient (Wildman–Crippen LogP) is 0.611. The fourth-order valence-electron chi connectivity index (χ4n) is 2.22. The highest BCUT2D eigenvalue weighted by Crippen LogP contribution is 2.24. The van der Waals surface area contributed by atoms with Crippen LogP contribution in [-0.4, -0.2) is 56.4 Å². The first kappa shape index (κ1) is 16.9. The Bertz CT molecular complexity index is 477. The Morgan fingerprint density at radius 1 is 1.30 bits per heavy atom. The molecule has 6 nitrogen and oxygen atoms in total. The molecule has 0 spiro atoms. The van der Waals surface area contributed by atoms with E-state index in [4.69, 9.17) is 0 Å². The van der Waals surface area contributed by atoms with Crippen LogP contribution in [0.25, 0.3) is 0 Å². The lowest BCUT2D eigenvalue weighted by molar-refractivity contribution is -0.145. The van der Waals surface area contributed by atoms with Crippen LogP contribution in [0.4, 0.5) is 0 Å². The highest BCUT2D eigenvalue weighted by molar-refractivity contribution is 7.91. The van der Waals surface area contributed by atoms with E-state index in [1.807, 2.05) is 0 Å². The monoisotopic (exact) mass is 305 g/mol. The first-order valence-electron chi connectivity index (χ1n) is 6.65. The van der Waals surface area contributed by atoms with Crippen LogP contribution in [0.2, 0.25) is 0 Å². The molecule has 1 amide bonds. The minimum absolute atomic E-state index is 0.0179. The molecule has 0 N–H and O–H groups in total. The van der Waals surface area contributed by atoms with Crippen molar-refractivity contribution in [1.82, 2.24) is 4.90 Å². The Balaban J connectivity index is 2.85. The summed E-state index contributed by atoms with van der Waals surface area (Å²) in [5, 5.41) is 0. The van der Waals surface area contributed by atoms with Crippen molar-refractivity contribution < 1.29 is 22.7 Å². The summed E-state index contributed by atoms with van der Waals surface area (Å²) in [6.07, 6.45) is 0.514. The van der Waals surface area contributed by atoms with Crippen molar-refractivity contribution in [3.63, 3.8) is 0 Å². The molecule has 7 heteroatoms. The Kier molecular flexibility index (Phi) is 5.18. The van der Waals surface area contributed by atoms with Gasteiger partial charge in [-0.2, -0.15) is 0 Å². The summed E-state index contributed by atoms with van der Waals surface area (Å²) in [4.78, 5) is 25.2. The molecule has 0 unspecified atom stereocenters. The lowest BCUT2D eigenvalue weighted by Gasteiger charge is -2.33. The number of esters is 1. The van der Waals surface area contributed by atoms with Gasteiger partial charge < -0.3 is 9.64 Å². The number of ether oxygens (including phenoxy) is 1. The van der Waals surface area contributed by atoms with E-state index >= 15 is 0 Å². The van der Waals surface area contributed by atoms with Gasteiger partial charge in [0.05, 0.1) is 25.0 Å². The first-order valence-corrected chi connectivity index (χ1v) is 8.47. The molecule has 0 radical (unpaired) electrons. The van der Waals surface area contributed by atoms with Gasteiger partial charge in [-0.15, -0.1) is 0 Å². The number of rotatable bonds is 4. The molecule has 1 aliphatic heterocycles. The summed E-state index contributed by atoms with van der Waals surface area (Å²) >= 11 is 0. The average molecular weight is 305 g/mol. The summed E-state index contributed by atoms with van der Waals surface area (Å²) in [6, 6.07) is -0.337. The number of amides is 1. The third-order valence-corrected chi connectivity index (χ3v) is 5.09. The lowest BCUT2D eigenvalue weighted by Crippen LogP contribution is -2.47. The van der Waals surface area contributed by atoms with Crippen molar-refractivity contribution in [2.45, 2.75) is 39.7 Å². The van der Waals surface area contributed by atoms with Crippen molar-refractivity contribution in [2.75, 3.05) is 25.2 Å². The zero-order chi connectivity index (χ0) is 15.6. The van der Waals surface area contributed by atoms with Gasteiger partial charge in [0.2, 0.25) is 5.91 Å². The molecule has 1 atom stereocenters. The maximum absolute atomic E-state index is 12.4. The molecule has 20 heavy (non-hydrogen) atoms. The molecule has 1 heterocycles. The van der Waals surface area contributed by atoms with Crippen LogP contribution in [0.3, 0.4) is 0 Å². The number of hydrogen-bond acceptors (Lipinski definition) is 5. The molecule has 116 valence electrons. The van der Waals surface area contributed by atoms with Crippen LogP contribution < -0.4 is 0 Å². The predicted molar refractivity (Wildman–Crippen MR) is 74.9 cm³/mol. The minimum atomic E-state index is -3.07. The van der Waals surface area contributed by atoms with Crippen LogP contribution in [0.5, 0.6) is 0 Å². The van der Waals surface area contributed by atoms with Gasteiger partial charge >= 0.3 is 5.97 Å². The lowest BCUT2D eigenvalue weighted by atomic mass is 9.93. The van der Waals surface area contributed by atoms with Crippen molar-refractivity contribution in [1.29, 1.82) is 0 Å². The number of methoxy groups -OCH3 is 1. The molecule has 0 bridgehead atoms. The second-order valence-corrected chi connectivity index (χ2v) is 8.36. The maximum atomic E-state index is 12.4. The van der Waals surface area contributed by atoms with Crippen LogP contribution >= 0.6 is 0 Å². The highest BCUT2D eigenvalue weighted by atomic mass is 32.2. The molecule has 0 aromatic rings. The molecule has 1 saturated heterocycles. The third kappa shape index (κ3) is 4.47. The average Bonchev–Trinajstić information content (AvgIpc) is 2.68. The summed E-state index contributed by atoms with van der Waals surface area (Å²) in [5.74, 6) is -0.458. The molecular weight excluding hydrogens is 282 g/mol. The van der Waals surface area contributed by atoms with Crippen LogP contribution in [0, 0.1) is 5.41 Å². The number of hydrogen-bond donors (Lipinski definition) is 0. The van der Waals surface area contributed by atoms with E-state index in [1.54, 1.807) is 20.8 Å². The second-order valence-electron chi connectivity index (χ2n) is 6.13. The van der Waals surface area contributed by atoms with E-state index in [0.717, 1.165) is 0 Å². The quantitative estimate of drug-likeness (QED) is 0.711. The molecule has 1 aliphatic rings. The smallest absolute Gasteiger partial charge is 0.307 e. The van der Waals surface area contributed by atoms with Crippen LogP contribution in [0.1, 0.15) is 33.6 Å². The van der Waals surface area contributed by atoms with E-state index < -0.39 is 21.2 Å². The van der Waals surface area contributed by atoms with Gasteiger partial charge in [0, 0.05) is 18.0 Å². The molecule has 0 aliphatic carbocycles. The molecule has 0 aromatic heterocycles. The topological polar surface area (TPSA) is 80.8 Å². The van der Waals surface area contributed by atoms with Crippen molar-refractivity contribution in [2.24, 2.45) is 5.41 Å². The van der Waals surface area contributed by atoms with Gasteiger partial charge in [-0.1, -0.05) is 20.8 Å².